The summed E-state index contributed by atoms with van der Waals surface area (Å²) in [5.74, 6) is 0.633. The highest BCUT2D eigenvalue weighted by atomic mass is 35.5. The zero-order valence-electron chi connectivity index (χ0n) is 8.12. The van der Waals surface area contributed by atoms with Crippen LogP contribution in [0.25, 0.3) is 0 Å². The van der Waals surface area contributed by atoms with Crippen molar-refractivity contribution in [3.8, 4) is 0 Å². The molecule has 0 amide bonds. The molecule has 0 aliphatic heterocycles. The van der Waals surface area contributed by atoms with Gasteiger partial charge in [0, 0.05) is 0 Å². The SMILES string of the molecule is CCCOC(=O)[C@H](N)CCSC.Cl. The fourth-order valence-corrected chi connectivity index (χ4v) is 1.16. The molecule has 0 fully saturated rings. The van der Waals surface area contributed by atoms with Crippen molar-refractivity contribution in [1.82, 2.24) is 0 Å². The predicted octanol–water partition coefficient (Wildman–Crippen LogP) is 1.44. The largest absolute Gasteiger partial charge is 0.465 e. The highest BCUT2D eigenvalue weighted by Gasteiger charge is 2.13. The Labute approximate surface area is 90.2 Å². The first-order valence-corrected chi connectivity index (χ1v) is 5.53. The van der Waals surface area contributed by atoms with E-state index in [4.69, 9.17) is 10.5 Å². The highest BCUT2D eigenvalue weighted by molar-refractivity contribution is 7.98. The zero-order chi connectivity index (χ0) is 9.40. The number of nitrogens with two attached hydrogens (primary N) is 1. The van der Waals surface area contributed by atoms with E-state index >= 15 is 0 Å². The zero-order valence-corrected chi connectivity index (χ0v) is 9.75. The molecule has 0 aliphatic carbocycles. The summed E-state index contributed by atoms with van der Waals surface area (Å²) < 4.78 is 4.88. The van der Waals surface area contributed by atoms with Gasteiger partial charge in [0.1, 0.15) is 6.04 Å². The number of hydrogen-bond donors (Lipinski definition) is 1. The predicted molar refractivity (Wildman–Crippen MR) is 59.5 cm³/mol. The lowest BCUT2D eigenvalue weighted by Crippen LogP contribution is -2.32. The van der Waals surface area contributed by atoms with E-state index in [1.165, 1.54) is 0 Å². The number of carbonyl (C=O) groups is 1. The molecule has 0 unspecified atom stereocenters. The van der Waals surface area contributed by atoms with Crippen LogP contribution in [0.4, 0.5) is 0 Å². The summed E-state index contributed by atoms with van der Waals surface area (Å²) in [7, 11) is 0. The van der Waals surface area contributed by atoms with E-state index in [0.29, 0.717) is 13.0 Å². The molecule has 0 radical (unpaired) electrons. The Morgan fingerprint density at radius 2 is 2.23 bits per heavy atom. The van der Waals surface area contributed by atoms with Gasteiger partial charge < -0.3 is 10.5 Å². The molecule has 13 heavy (non-hydrogen) atoms. The van der Waals surface area contributed by atoms with Gasteiger partial charge in [-0.3, -0.25) is 4.79 Å². The van der Waals surface area contributed by atoms with Crippen molar-refractivity contribution >= 4 is 30.1 Å². The molecular weight excluding hydrogens is 210 g/mol. The second-order valence-electron chi connectivity index (χ2n) is 2.56. The van der Waals surface area contributed by atoms with Crippen LogP contribution in [-0.2, 0) is 9.53 Å². The lowest BCUT2D eigenvalue weighted by Gasteiger charge is -2.09. The summed E-state index contributed by atoms with van der Waals surface area (Å²) in [4.78, 5) is 11.1. The fraction of sp³-hybridized carbons (Fsp3) is 0.875. The van der Waals surface area contributed by atoms with E-state index in [2.05, 4.69) is 0 Å². The number of rotatable bonds is 6. The summed E-state index contributed by atoms with van der Waals surface area (Å²) in [5.41, 5.74) is 5.56. The molecule has 0 heterocycles. The first-order chi connectivity index (χ1) is 5.72. The smallest absolute Gasteiger partial charge is 0.322 e. The molecule has 0 saturated carbocycles. The third-order valence-electron chi connectivity index (χ3n) is 1.38. The number of esters is 1. The number of thioether (sulfide) groups is 1. The molecular formula is C8H18ClNO2S. The van der Waals surface area contributed by atoms with Crippen molar-refractivity contribution in [2.24, 2.45) is 5.73 Å². The summed E-state index contributed by atoms with van der Waals surface area (Å²) >= 11 is 1.68. The topological polar surface area (TPSA) is 52.3 Å². The van der Waals surface area contributed by atoms with Gasteiger partial charge in [0.15, 0.2) is 0 Å². The maximum Gasteiger partial charge on any atom is 0.322 e. The van der Waals surface area contributed by atoms with Gasteiger partial charge in [0.2, 0.25) is 0 Å². The Hall–Kier alpha value is 0.0700. The Bertz CT molecular complexity index is 135. The van der Waals surface area contributed by atoms with Crippen LogP contribution in [0.3, 0.4) is 0 Å². The Kier molecular flexibility index (Phi) is 12.1. The van der Waals surface area contributed by atoms with Crippen molar-refractivity contribution in [1.29, 1.82) is 0 Å². The van der Waals surface area contributed by atoms with Gasteiger partial charge in [-0.05, 0) is 24.9 Å². The molecule has 0 spiro atoms. The van der Waals surface area contributed by atoms with Crippen LogP contribution in [-0.4, -0.2) is 30.6 Å². The number of ether oxygens (including phenoxy) is 1. The molecule has 0 aromatic heterocycles. The molecule has 0 bridgehead atoms. The van der Waals surface area contributed by atoms with Crippen molar-refractivity contribution < 1.29 is 9.53 Å². The maximum atomic E-state index is 11.1. The molecule has 0 rings (SSSR count). The number of hydrogen-bond acceptors (Lipinski definition) is 4. The lowest BCUT2D eigenvalue weighted by atomic mass is 10.2. The Morgan fingerprint density at radius 1 is 1.62 bits per heavy atom. The van der Waals surface area contributed by atoms with Crippen LogP contribution in [0.1, 0.15) is 19.8 Å². The molecule has 0 aliphatic rings. The van der Waals surface area contributed by atoms with Gasteiger partial charge in [-0.1, -0.05) is 6.92 Å². The summed E-state index contributed by atoms with van der Waals surface area (Å²) in [5, 5.41) is 0. The second-order valence-corrected chi connectivity index (χ2v) is 3.54. The van der Waals surface area contributed by atoms with Gasteiger partial charge >= 0.3 is 5.97 Å². The van der Waals surface area contributed by atoms with Gasteiger partial charge in [0.05, 0.1) is 6.61 Å². The van der Waals surface area contributed by atoms with Crippen LogP contribution in [0.5, 0.6) is 0 Å². The van der Waals surface area contributed by atoms with Gasteiger partial charge in [-0.15, -0.1) is 12.4 Å². The van der Waals surface area contributed by atoms with E-state index < -0.39 is 6.04 Å². The van der Waals surface area contributed by atoms with Crippen LogP contribution in [0.2, 0.25) is 0 Å². The van der Waals surface area contributed by atoms with Crippen molar-refractivity contribution in [2.45, 2.75) is 25.8 Å². The Balaban J connectivity index is 0. The highest BCUT2D eigenvalue weighted by Crippen LogP contribution is 2.00. The van der Waals surface area contributed by atoms with E-state index in [1.54, 1.807) is 11.8 Å². The van der Waals surface area contributed by atoms with E-state index in [1.807, 2.05) is 13.2 Å². The van der Waals surface area contributed by atoms with Crippen LogP contribution in [0.15, 0.2) is 0 Å². The van der Waals surface area contributed by atoms with Crippen LogP contribution < -0.4 is 5.73 Å². The van der Waals surface area contributed by atoms with E-state index in [9.17, 15) is 4.79 Å². The van der Waals surface area contributed by atoms with Crippen LogP contribution >= 0.6 is 24.2 Å². The standard InChI is InChI=1S/C8H17NO2S.ClH/c1-3-5-11-8(10)7(9)4-6-12-2;/h7H,3-6,9H2,1-2H3;1H/t7-;/m1./s1. The summed E-state index contributed by atoms with van der Waals surface area (Å²) in [6, 6.07) is -0.441. The minimum atomic E-state index is -0.441. The number of halogens is 1. The minimum Gasteiger partial charge on any atom is -0.465 e. The second kappa shape index (κ2) is 10.2. The van der Waals surface area contributed by atoms with E-state index in [-0.39, 0.29) is 18.4 Å². The molecule has 80 valence electrons. The third-order valence-corrected chi connectivity index (χ3v) is 2.03. The molecule has 0 aromatic rings. The summed E-state index contributed by atoms with van der Waals surface area (Å²) in [6.07, 6.45) is 3.54. The van der Waals surface area contributed by atoms with Crippen molar-refractivity contribution in [3.05, 3.63) is 0 Å². The number of carbonyl (C=O) groups excluding carboxylic acids is 1. The molecule has 3 nitrogen and oxygen atoms in total. The first-order valence-electron chi connectivity index (χ1n) is 4.13. The molecule has 5 heteroatoms. The molecule has 0 saturated heterocycles. The van der Waals surface area contributed by atoms with Crippen molar-refractivity contribution in [3.63, 3.8) is 0 Å². The van der Waals surface area contributed by atoms with Gasteiger partial charge in [0.25, 0.3) is 0 Å². The third kappa shape index (κ3) is 8.40. The van der Waals surface area contributed by atoms with Gasteiger partial charge in [-0.2, -0.15) is 11.8 Å². The molecule has 2 N–H and O–H groups in total. The lowest BCUT2D eigenvalue weighted by molar-refractivity contribution is -0.145. The van der Waals surface area contributed by atoms with E-state index in [0.717, 1.165) is 12.2 Å². The molecule has 0 aromatic carbocycles. The summed E-state index contributed by atoms with van der Waals surface area (Å²) in [6.45, 7) is 2.44. The normalized spacial score (nSPS) is 11.6. The minimum absolute atomic E-state index is 0. The average molecular weight is 228 g/mol. The first kappa shape index (κ1) is 15.5. The fourth-order valence-electron chi connectivity index (χ4n) is 0.672. The molecule has 1 atom stereocenters. The van der Waals surface area contributed by atoms with Crippen LogP contribution in [0, 0.1) is 0 Å². The average Bonchev–Trinajstić information content (AvgIpc) is 2.10. The van der Waals surface area contributed by atoms with Crippen molar-refractivity contribution in [2.75, 3.05) is 18.6 Å². The Morgan fingerprint density at radius 3 is 2.69 bits per heavy atom. The van der Waals surface area contributed by atoms with Gasteiger partial charge in [-0.25, -0.2) is 0 Å². The quantitative estimate of drug-likeness (QED) is 0.698. The maximum absolute atomic E-state index is 11.1. The monoisotopic (exact) mass is 227 g/mol.